The van der Waals surface area contributed by atoms with Gasteiger partial charge >= 0.3 is 0 Å². The number of hydrogen-bond acceptors (Lipinski definition) is 26. The first kappa shape index (κ1) is 64.3. The molecule has 10 rings (SSSR count). The summed E-state index contributed by atoms with van der Waals surface area (Å²) in [5.74, 6) is 2.57. The minimum Gasteiger partial charge on any atom is -0.494 e. The van der Waals surface area contributed by atoms with E-state index < -0.39 is 179 Å². The number of aliphatic hydroxyl groups is 15. The van der Waals surface area contributed by atoms with E-state index in [4.69, 9.17) is 52.1 Å². The third-order valence-corrected chi connectivity index (χ3v) is 21.0. The Hall–Kier alpha value is -1.72. The third kappa shape index (κ3) is 11.9. The zero-order valence-electron chi connectivity index (χ0n) is 47.9. The normalized spacial score (nSPS) is 53.1. The molecule has 10 aliphatic rings. The lowest BCUT2D eigenvalue weighted by Crippen LogP contribution is -2.67. The highest BCUT2D eigenvalue weighted by Crippen LogP contribution is 2.69. The summed E-state index contributed by atoms with van der Waals surface area (Å²) in [5, 5.41) is 160. The van der Waals surface area contributed by atoms with Crippen molar-refractivity contribution in [3.05, 3.63) is 23.0 Å². The summed E-state index contributed by atoms with van der Waals surface area (Å²) in [7, 11) is 0. The van der Waals surface area contributed by atoms with Crippen molar-refractivity contribution in [3.8, 4) is 0 Å². The van der Waals surface area contributed by atoms with Crippen LogP contribution in [0.15, 0.2) is 23.0 Å². The second-order valence-corrected chi connectivity index (χ2v) is 26.0. The summed E-state index contributed by atoms with van der Waals surface area (Å²) < 4.78 is 67.2. The van der Waals surface area contributed by atoms with Gasteiger partial charge < -0.3 is 129 Å². The number of rotatable bonds is 17. The van der Waals surface area contributed by atoms with Crippen LogP contribution in [-0.4, -0.2) is 269 Å². The maximum absolute atomic E-state index is 11.9. The predicted molar refractivity (Wildman–Crippen MR) is 280 cm³/mol. The van der Waals surface area contributed by atoms with Crippen LogP contribution in [0.2, 0.25) is 0 Å². The summed E-state index contributed by atoms with van der Waals surface area (Å²) in [6.07, 6.45) is -29.6. The van der Waals surface area contributed by atoms with E-state index in [-0.39, 0.29) is 35.4 Å². The number of ether oxygens (including phenoxy) is 11. The van der Waals surface area contributed by atoms with Crippen LogP contribution in [0.25, 0.3) is 0 Å². The zero-order chi connectivity index (χ0) is 59.9. The van der Waals surface area contributed by atoms with Gasteiger partial charge in [0.15, 0.2) is 31.5 Å². The van der Waals surface area contributed by atoms with Crippen molar-refractivity contribution in [2.45, 2.75) is 265 Å². The molecule has 4 aliphatic carbocycles. The molecule has 15 N–H and O–H groups in total. The quantitative estimate of drug-likeness (QED) is 0.0638. The summed E-state index contributed by atoms with van der Waals surface area (Å²) in [6, 6.07) is 0. The molecule has 0 aromatic heterocycles. The van der Waals surface area contributed by atoms with Crippen LogP contribution in [0, 0.1) is 40.4 Å². The van der Waals surface area contributed by atoms with Gasteiger partial charge in [0.05, 0.1) is 50.5 Å². The molecular formula is C57H92O26. The van der Waals surface area contributed by atoms with Crippen LogP contribution in [-0.2, 0) is 52.1 Å². The van der Waals surface area contributed by atoms with E-state index in [1.165, 1.54) is 25.0 Å². The third-order valence-electron chi connectivity index (χ3n) is 21.0. The van der Waals surface area contributed by atoms with Gasteiger partial charge in [0.2, 0.25) is 0 Å². The van der Waals surface area contributed by atoms with Gasteiger partial charge in [-0.05, 0) is 112 Å². The van der Waals surface area contributed by atoms with Gasteiger partial charge in [0.25, 0.3) is 0 Å². The second kappa shape index (κ2) is 25.6. The fraction of sp³-hybridized carbons (Fsp3) is 0.930. The van der Waals surface area contributed by atoms with Crippen LogP contribution >= 0.6 is 0 Å². The van der Waals surface area contributed by atoms with Crippen LogP contribution in [0.5, 0.6) is 0 Å². The van der Waals surface area contributed by atoms with Crippen molar-refractivity contribution in [2.75, 3.05) is 26.4 Å². The molecule has 5 saturated heterocycles. The first-order chi connectivity index (χ1) is 39.3. The van der Waals surface area contributed by atoms with Crippen LogP contribution in [0.4, 0.5) is 0 Å². The Morgan fingerprint density at radius 2 is 1.11 bits per heavy atom. The summed E-state index contributed by atoms with van der Waals surface area (Å²) in [4.78, 5) is 0. The molecule has 3 saturated carbocycles. The Bertz CT molecular complexity index is 2240. The lowest BCUT2D eigenvalue weighted by molar-refractivity contribution is -0.398. The van der Waals surface area contributed by atoms with E-state index >= 15 is 0 Å². The Labute approximate surface area is 482 Å². The van der Waals surface area contributed by atoms with Gasteiger partial charge in [-0.3, -0.25) is 0 Å². The second-order valence-electron chi connectivity index (χ2n) is 26.0. The number of aliphatic hydroxyl groups excluding tert-OH is 15. The van der Waals surface area contributed by atoms with Gasteiger partial charge in [0, 0.05) is 12.3 Å². The molecule has 0 bridgehead atoms. The Balaban J connectivity index is 0.808. The van der Waals surface area contributed by atoms with Crippen molar-refractivity contribution in [1.82, 2.24) is 0 Å². The molecule has 0 unspecified atom stereocenters. The highest BCUT2D eigenvalue weighted by molar-refractivity contribution is 5.30. The van der Waals surface area contributed by atoms with Gasteiger partial charge in [-0.25, -0.2) is 0 Å². The van der Waals surface area contributed by atoms with Crippen LogP contribution in [0.3, 0.4) is 0 Å². The molecule has 6 heterocycles. The van der Waals surface area contributed by atoms with Crippen LogP contribution < -0.4 is 0 Å². The molecule has 0 radical (unpaired) electrons. The molecule has 6 aliphatic heterocycles. The Morgan fingerprint density at radius 1 is 0.566 bits per heavy atom. The first-order valence-corrected chi connectivity index (χ1v) is 29.9. The zero-order valence-corrected chi connectivity index (χ0v) is 47.9. The van der Waals surface area contributed by atoms with E-state index in [9.17, 15) is 76.6 Å². The smallest absolute Gasteiger partial charge is 0.187 e. The molecule has 0 spiro atoms. The summed E-state index contributed by atoms with van der Waals surface area (Å²) in [5.41, 5.74) is 2.41. The van der Waals surface area contributed by atoms with E-state index in [0.29, 0.717) is 37.0 Å². The van der Waals surface area contributed by atoms with Gasteiger partial charge in [-0.15, -0.1) is 0 Å². The maximum atomic E-state index is 11.9. The highest BCUT2D eigenvalue weighted by atomic mass is 16.8. The molecule has 26 heteroatoms. The topological polar surface area (TPSA) is 405 Å². The summed E-state index contributed by atoms with van der Waals surface area (Å²) >= 11 is 0. The molecule has 83 heavy (non-hydrogen) atoms. The predicted octanol–water partition coefficient (Wildman–Crippen LogP) is -3.21. The lowest BCUT2D eigenvalue weighted by Gasteiger charge is -2.58. The minimum absolute atomic E-state index is 0.0250. The van der Waals surface area contributed by atoms with E-state index in [2.05, 4.69) is 26.8 Å². The Morgan fingerprint density at radius 3 is 1.76 bits per heavy atom. The SMILES string of the molecule is CC1=C(CC[C@@H](C)CO[C@H]2O[C@@H](CO)[C@H](O)[C@@H](O)[C@@H]2O)O[C@@H]2C[C@H]3[C@@H]4CC=C5C[C@H](O[C@H]6O[C@@H](CO)[C@H](O)[C@@H](O[C@H]7O[C@@H](C)[C@H](O[C@H]8O[C@@H](CO)[C@H](O)[C@@H](O)[C@@H]8O)[C@@H](O)[C@@H]7O)[C@@H]6O[C@H]6O[C@@H](C)[C@H](O)[C@@H](O)[C@@H]6O)CC[C@@]5(C)[C@@H]4CC[C@@]3(C)[C@H]12. The molecular weight excluding hydrogens is 1100 g/mol. The fourth-order valence-electron chi connectivity index (χ4n) is 16.0. The van der Waals surface area contributed by atoms with Crippen molar-refractivity contribution >= 4 is 0 Å². The molecule has 0 aromatic carbocycles. The van der Waals surface area contributed by atoms with E-state index in [0.717, 1.165) is 44.3 Å². The fourth-order valence-corrected chi connectivity index (χ4v) is 16.0. The molecule has 34 atom stereocenters. The number of allylic oxidation sites excluding steroid dienone is 2. The van der Waals surface area contributed by atoms with Crippen molar-refractivity contribution < 1.29 is 129 Å². The van der Waals surface area contributed by atoms with Gasteiger partial charge in [0.1, 0.15) is 116 Å². The number of fused-ring (bicyclic) bond motifs is 7. The molecule has 8 fully saturated rings. The van der Waals surface area contributed by atoms with Gasteiger partial charge in [-0.2, -0.15) is 0 Å². The average molecular weight is 1190 g/mol. The molecule has 26 nitrogen and oxygen atoms in total. The van der Waals surface area contributed by atoms with Crippen molar-refractivity contribution in [3.63, 3.8) is 0 Å². The lowest BCUT2D eigenvalue weighted by atomic mass is 9.47. The Kier molecular flexibility index (Phi) is 19.9. The average Bonchev–Trinajstić information content (AvgIpc) is 3.81. The van der Waals surface area contributed by atoms with Crippen molar-refractivity contribution in [1.29, 1.82) is 0 Å². The van der Waals surface area contributed by atoms with Crippen molar-refractivity contribution in [2.24, 2.45) is 40.4 Å². The minimum atomic E-state index is -1.95. The van der Waals surface area contributed by atoms with E-state index in [1.807, 2.05) is 6.92 Å². The maximum Gasteiger partial charge on any atom is 0.187 e. The van der Waals surface area contributed by atoms with E-state index in [1.54, 1.807) is 0 Å². The standard InChI is InChI=1S/C57H92O26/c1-21(20-73-51-44(69)41(66)37(62)32(17-58)78-51)7-10-30-22(2)35-31(77-30)16-29-27-9-8-25-15-26(11-13-56(25,5)28(27)12-14-57(29,35)6)76-55-50(83-52-45(70)40(65)36(61)23(3)74-52)49(39(64)34(19-60)80-55)82-53-47(72)43(68)48(24(4)75-53)81-54-46(71)42(67)38(63)33(18-59)79-54/h8,21,23-24,26-29,31-55,58-72H,7,9-20H2,1-6H3/t21-,23+,24+,26-,27-,28-,29+,31-,32+,33+,34+,35-,36+,37+,38+,39+,40-,41-,42-,43+,44+,45+,46+,47+,48+,49-,50+,51+,52-,53-,54-,55+,56-,57-/m1/s1. The molecule has 476 valence electrons. The largest absolute Gasteiger partial charge is 0.494 e. The molecule has 0 aromatic rings. The summed E-state index contributed by atoms with van der Waals surface area (Å²) in [6.45, 7) is 10.1. The number of hydrogen-bond donors (Lipinski definition) is 15. The molecule has 0 amide bonds. The van der Waals surface area contributed by atoms with Gasteiger partial charge in [-0.1, -0.05) is 32.4 Å². The monoisotopic (exact) mass is 1190 g/mol. The first-order valence-electron chi connectivity index (χ1n) is 29.9. The van der Waals surface area contributed by atoms with Crippen LogP contribution in [0.1, 0.15) is 99.3 Å². The highest BCUT2D eigenvalue weighted by Gasteiger charge is 2.64.